The molecule has 0 bridgehead atoms. The lowest BCUT2D eigenvalue weighted by molar-refractivity contribution is -0.120. The molecule has 1 saturated carbocycles. The van der Waals surface area contributed by atoms with E-state index in [1.807, 2.05) is 13.8 Å². The van der Waals surface area contributed by atoms with Crippen LogP contribution in [0.2, 0.25) is 0 Å². The molecule has 19 heavy (non-hydrogen) atoms. The third-order valence-corrected chi connectivity index (χ3v) is 4.45. The quantitative estimate of drug-likeness (QED) is 0.810. The van der Waals surface area contributed by atoms with Gasteiger partial charge >= 0.3 is 0 Å². The molecule has 1 aliphatic rings. The molecule has 1 unspecified atom stereocenters. The molecular formula is C15H24N2O2. The molecule has 0 saturated heterocycles. The van der Waals surface area contributed by atoms with Gasteiger partial charge in [-0.05, 0) is 38.5 Å². The van der Waals surface area contributed by atoms with Gasteiger partial charge in [-0.2, -0.15) is 4.98 Å². The van der Waals surface area contributed by atoms with Crippen LogP contribution in [0.25, 0.3) is 0 Å². The van der Waals surface area contributed by atoms with Crippen molar-refractivity contribution in [1.82, 2.24) is 10.1 Å². The second kappa shape index (κ2) is 6.31. The third-order valence-electron chi connectivity index (χ3n) is 4.45. The maximum absolute atomic E-state index is 11.7. The number of carbonyl (C=O) groups excluding carboxylic acids is 1. The Morgan fingerprint density at radius 1 is 1.32 bits per heavy atom. The summed E-state index contributed by atoms with van der Waals surface area (Å²) in [5.41, 5.74) is 0. The Hall–Kier alpha value is -1.19. The highest BCUT2D eigenvalue weighted by molar-refractivity contribution is 5.83. The first-order valence-corrected chi connectivity index (χ1v) is 7.51. The number of aromatic nitrogens is 2. The van der Waals surface area contributed by atoms with Gasteiger partial charge in [0.05, 0.1) is 5.92 Å². The van der Waals surface area contributed by atoms with Crippen LogP contribution in [-0.4, -0.2) is 15.9 Å². The summed E-state index contributed by atoms with van der Waals surface area (Å²) in [5, 5.41) is 4.09. The zero-order valence-corrected chi connectivity index (χ0v) is 12.2. The van der Waals surface area contributed by atoms with E-state index in [0.29, 0.717) is 18.2 Å². The number of rotatable bonds is 5. The summed E-state index contributed by atoms with van der Waals surface area (Å²) in [6.45, 7) is 5.97. The zero-order valence-electron chi connectivity index (χ0n) is 12.2. The Morgan fingerprint density at radius 3 is 2.58 bits per heavy atom. The largest absolute Gasteiger partial charge is 0.339 e. The van der Waals surface area contributed by atoms with Crippen molar-refractivity contribution in [2.75, 3.05) is 0 Å². The summed E-state index contributed by atoms with van der Waals surface area (Å²) >= 11 is 0. The molecule has 1 fully saturated rings. The molecule has 1 aromatic rings. The van der Waals surface area contributed by atoms with E-state index in [4.69, 9.17) is 4.52 Å². The number of nitrogens with zero attached hydrogens (tertiary/aromatic N) is 2. The standard InChI is InChI=1S/C15H24N2O2/c1-4-11-6-8-12(9-7-11)14-16-15(19-17-14)10(3)13(18)5-2/h10-12H,4-9H2,1-3H3. The summed E-state index contributed by atoms with van der Waals surface area (Å²) in [6, 6.07) is 0. The van der Waals surface area contributed by atoms with Crippen LogP contribution in [-0.2, 0) is 4.79 Å². The molecule has 1 heterocycles. The van der Waals surface area contributed by atoms with E-state index < -0.39 is 0 Å². The molecular weight excluding hydrogens is 240 g/mol. The normalized spacial score (nSPS) is 25.2. The highest BCUT2D eigenvalue weighted by Crippen LogP contribution is 2.36. The molecule has 0 N–H and O–H groups in total. The van der Waals surface area contributed by atoms with Crippen molar-refractivity contribution in [2.24, 2.45) is 5.92 Å². The van der Waals surface area contributed by atoms with E-state index >= 15 is 0 Å². The Kier molecular flexibility index (Phi) is 4.72. The molecule has 106 valence electrons. The third kappa shape index (κ3) is 3.23. The molecule has 0 aromatic carbocycles. The molecule has 1 aromatic heterocycles. The molecule has 0 aliphatic heterocycles. The van der Waals surface area contributed by atoms with Crippen molar-refractivity contribution in [2.45, 2.75) is 71.1 Å². The predicted molar refractivity (Wildman–Crippen MR) is 73.0 cm³/mol. The van der Waals surface area contributed by atoms with Crippen LogP contribution in [0.1, 0.15) is 82.8 Å². The summed E-state index contributed by atoms with van der Waals surface area (Å²) in [4.78, 5) is 16.1. The minimum atomic E-state index is -0.266. The molecule has 2 rings (SSSR count). The van der Waals surface area contributed by atoms with E-state index in [-0.39, 0.29) is 11.7 Å². The summed E-state index contributed by atoms with van der Waals surface area (Å²) in [6.07, 6.45) is 6.59. The average Bonchev–Trinajstić information content (AvgIpc) is 2.95. The fourth-order valence-corrected chi connectivity index (χ4v) is 2.86. The van der Waals surface area contributed by atoms with Crippen LogP contribution in [0.15, 0.2) is 4.52 Å². The highest BCUT2D eigenvalue weighted by Gasteiger charge is 2.27. The molecule has 4 heteroatoms. The lowest BCUT2D eigenvalue weighted by atomic mass is 9.80. The maximum atomic E-state index is 11.7. The van der Waals surface area contributed by atoms with E-state index in [1.165, 1.54) is 19.3 Å². The van der Waals surface area contributed by atoms with E-state index in [2.05, 4.69) is 17.1 Å². The summed E-state index contributed by atoms with van der Waals surface area (Å²) < 4.78 is 5.27. The number of hydrogen-bond acceptors (Lipinski definition) is 4. The van der Waals surface area contributed by atoms with Crippen molar-refractivity contribution in [1.29, 1.82) is 0 Å². The number of ketones is 1. The number of Topliss-reactive ketones (excluding diaryl/α,β-unsaturated/α-hetero) is 1. The van der Waals surface area contributed by atoms with Gasteiger partial charge in [0, 0.05) is 12.3 Å². The Morgan fingerprint density at radius 2 is 2.00 bits per heavy atom. The SMILES string of the molecule is CCC(=O)C(C)c1nc(C2CCC(CC)CC2)no1. The van der Waals surface area contributed by atoms with Gasteiger partial charge in [-0.1, -0.05) is 25.4 Å². The van der Waals surface area contributed by atoms with Gasteiger partial charge in [0.25, 0.3) is 0 Å². The van der Waals surface area contributed by atoms with E-state index in [9.17, 15) is 4.79 Å². The molecule has 1 atom stereocenters. The number of hydrogen-bond donors (Lipinski definition) is 0. The first kappa shape index (κ1) is 14.2. The lowest BCUT2D eigenvalue weighted by Crippen LogP contribution is -2.14. The first-order valence-electron chi connectivity index (χ1n) is 7.51. The zero-order chi connectivity index (χ0) is 13.8. The number of carbonyl (C=O) groups is 1. The Labute approximate surface area is 115 Å². The summed E-state index contributed by atoms with van der Waals surface area (Å²) in [7, 11) is 0. The lowest BCUT2D eigenvalue weighted by Gasteiger charge is -2.25. The van der Waals surface area contributed by atoms with Gasteiger partial charge in [0.1, 0.15) is 5.78 Å². The van der Waals surface area contributed by atoms with Crippen LogP contribution >= 0.6 is 0 Å². The van der Waals surface area contributed by atoms with E-state index in [1.54, 1.807) is 0 Å². The van der Waals surface area contributed by atoms with Gasteiger partial charge in [0.15, 0.2) is 5.82 Å². The predicted octanol–water partition coefficient (Wildman–Crippen LogP) is 3.84. The Bertz CT molecular complexity index is 420. The average molecular weight is 264 g/mol. The molecule has 4 nitrogen and oxygen atoms in total. The molecule has 0 radical (unpaired) electrons. The smallest absolute Gasteiger partial charge is 0.236 e. The van der Waals surface area contributed by atoms with Gasteiger partial charge in [0.2, 0.25) is 5.89 Å². The van der Waals surface area contributed by atoms with Crippen LogP contribution in [0, 0.1) is 5.92 Å². The van der Waals surface area contributed by atoms with Crippen LogP contribution in [0.5, 0.6) is 0 Å². The highest BCUT2D eigenvalue weighted by atomic mass is 16.5. The van der Waals surface area contributed by atoms with Gasteiger partial charge in [-0.3, -0.25) is 4.79 Å². The second-order valence-electron chi connectivity index (χ2n) is 5.66. The van der Waals surface area contributed by atoms with Crippen molar-refractivity contribution in [3.63, 3.8) is 0 Å². The van der Waals surface area contributed by atoms with Crippen molar-refractivity contribution in [3.05, 3.63) is 11.7 Å². The molecule has 1 aliphatic carbocycles. The van der Waals surface area contributed by atoms with Gasteiger partial charge in [-0.25, -0.2) is 0 Å². The van der Waals surface area contributed by atoms with Crippen molar-refractivity contribution in [3.8, 4) is 0 Å². The first-order chi connectivity index (χ1) is 9.15. The van der Waals surface area contributed by atoms with Gasteiger partial charge < -0.3 is 4.52 Å². The molecule has 0 spiro atoms. The van der Waals surface area contributed by atoms with Crippen molar-refractivity contribution < 1.29 is 9.32 Å². The minimum Gasteiger partial charge on any atom is -0.339 e. The van der Waals surface area contributed by atoms with Gasteiger partial charge in [-0.15, -0.1) is 0 Å². The van der Waals surface area contributed by atoms with Crippen LogP contribution in [0.3, 0.4) is 0 Å². The van der Waals surface area contributed by atoms with E-state index in [0.717, 1.165) is 24.6 Å². The minimum absolute atomic E-state index is 0.157. The Balaban J connectivity index is 1.99. The molecule has 0 amide bonds. The summed E-state index contributed by atoms with van der Waals surface area (Å²) in [5.74, 6) is 2.47. The fraction of sp³-hybridized carbons (Fsp3) is 0.800. The van der Waals surface area contributed by atoms with Crippen LogP contribution in [0.4, 0.5) is 0 Å². The fourth-order valence-electron chi connectivity index (χ4n) is 2.86. The maximum Gasteiger partial charge on any atom is 0.236 e. The monoisotopic (exact) mass is 264 g/mol. The van der Waals surface area contributed by atoms with Crippen molar-refractivity contribution >= 4 is 5.78 Å². The topological polar surface area (TPSA) is 56.0 Å². The second-order valence-corrected chi connectivity index (χ2v) is 5.66. The van der Waals surface area contributed by atoms with Crippen LogP contribution < -0.4 is 0 Å².